The molecule has 0 saturated heterocycles. The van der Waals surface area contributed by atoms with E-state index in [1.165, 1.54) is 16.7 Å². The molecule has 0 spiro atoms. The molecule has 0 unspecified atom stereocenters. The number of rotatable bonds is 3. The van der Waals surface area contributed by atoms with Gasteiger partial charge >= 0.3 is 0 Å². The summed E-state index contributed by atoms with van der Waals surface area (Å²) in [6.45, 7) is 2.09. The second-order valence-electron chi connectivity index (χ2n) is 8.43. The van der Waals surface area contributed by atoms with Crippen molar-refractivity contribution in [3.63, 3.8) is 0 Å². The number of aromatic nitrogens is 3. The SMILES string of the molecule is CN1CCc2ccc(-c3cnc4[nH]cc(-c5ccc(C(=O)N(C)C)cn5)c4c3)cc2C1. The zero-order valence-electron chi connectivity index (χ0n) is 18.0. The Morgan fingerprint density at radius 2 is 1.90 bits per heavy atom. The van der Waals surface area contributed by atoms with Crippen molar-refractivity contribution >= 4 is 16.9 Å². The van der Waals surface area contributed by atoms with Gasteiger partial charge in [0.25, 0.3) is 5.91 Å². The fourth-order valence-electron chi connectivity index (χ4n) is 4.19. The minimum absolute atomic E-state index is 0.0556. The average molecular weight is 412 g/mol. The predicted octanol–water partition coefficient (Wildman–Crippen LogP) is 3.98. The Morgan fingerprint density at radius 1 is 1.03 bits per heavy atom. The number of H-pyrrole nitrogens is 1. The number of hydrogen-bond donors (Lipinski definition) is 1. The van der Waals surface area contributed by atoms with Crippen molar-refractivity contribution in [2.45, 2.75) is 13.0 Å². The maximum atomic E-state index is 12.1. The van der Waals surface area contributed by atoms with E-state index in [4.69, 9.17) is 0 Å². The second-order valence-corrected chi connectivity index (χ2v) is 8.43. The first kappa shape index (κ1) is 19.5. The maximum Gasteiger partial charge on any atom is 0.254 e. The van der Waals surface area contributed by atoms with Gasteiger partial charge in [-0.15, -0.1) is 0 Å². The van der Waals surface area contributed by atoms with Crippen LogP contribution in [0.4, 0.5) is 0 Å². The summed E-state index contributed by atoms with van der Waals surface area (Å²) in [4.78, 5) is 28.5. The summed E-state index contributed by atoms with van der Waals surface area (Å²) < 4.78 is 0. The Bertz CT molecular complexity index is 1270. The van der Waals surface area contributed by atoms with Gasteiger partial charge in [-0.25, -0.2) is 4.98 Å². The van der Waals surface area contributed by atoms with Gasteiger partial charge in [0.1, 0.15) is 5.65 Å². The molecule has 6 nitrogen and oxygen atoms in total. The van der Waals surface area contributed by atoms with Crippen molar-refractivity contribution in [3.05, 3.63) is 71.7 Å². The minimum atomic E-state index is -0.0556. The molecule has 4 heterocycles. The molecule has 1 aromatic carbocycles. The van der Waals surface area contributed by atoms with Crippen LogP contribution < -0.4 is 0 Å². The lowest BCUT2D eigenvalue weighted by molar-refractivity contribution is 0.0827. The normalized spacial score (nSPS) is 13.9. The number of fused-ring (bicyclic) bond motifs is 2. The Kier molecular flexibility index (Phi) is 4.79. The largest absolute Gasteiger partial charge is 0.345 e. The summed E-state index contributed by atoms with van der Waals surface area (Å²) >= 11 is 0. The van der Waals surface area contributed by atoms with Gasteiger partial charge in [-0.2, -0.15) is 0 Å². The van der Waals surface area contributed by atoms with Gasteiger partial charge in [0, 0.05) is 62.3 Å². The van der Waals surface area contributed by atoms with Gasteiger partial charge in [-0.3, -0.25) is 9.78 Å². The molecule has 6 heteroatoms. The Balaban J connectivity index is 1.52. The van der Waals surface area contributed by atoms with E-state index in [0.29, 0.717) is 5.56 Å². The zero-order valence-corrected chi connectivity index (χ0v) is 18.0. The molecule has 156 valence electrons. The molecule has 31 heavy (non-hydrogen) atoms. The summed E-state index contributed by atoms with van der Waals surface area (Å²) in [6.07, 6.45) is 6.58. The quantitative estimate of drug-likeness (QED) is 0.554. The number of pyridine rings is 2. The Hall–Kier alpha value is -3.51. The molecule has 0 radical (unpaired) electrons. The minimum Gasteiger partial charge on any atom is -0.345 e. The smallest absolute Gasteiger partial charge is 0.254 e. The average Bonchev–Trinajstić information content (AvgIpc) is 3.21. The molecule has 4 aromatic rings. The molecule has 1 aliphatic rings. The number of carbonyl (C=O) groups excluding carboxylic acids is 1. The van der Waals surface area contributed by atoms with Crippen LogP contribution in [0.25, 0.3) is 33.4 Å². The van der Waals surface area contributed by atoms with Crippen molar-refractivity contribution in [2.24, 2.45) is 0 Å². The molecule has 1 amide bonds. The monoisotopic (exact) mass is 411 g/mol. The number of nitrogens with one attached hydrogen (secondary N) is 1. The molecule has 0 atom stereocenters. The summed E-state index contributed by atoms with van der Waals surface area (Å²) in [5, 5.41) is 1.02. The molecule has 0 aliphatic carbocycles. The first-order valence-electron chi connectivity index (χ1n) is 10.5. The lowest BCUT2D eigenvalue weighted by Gasteiger charge is -2.25. The Morgan fingerprint density at radius 3 is 2.68 bits per heavy atom. The fraction of sp³-hybridized carbons (Fsp3) is 0.240. The number of likely N-dealkylation sites (N-methyl/N-ethyl adjacent to an activating group) is 1. The molecule has 0 bridgehead atoms. The number of aromatic amines is 1. The van der Waals surface area contributed by atoms with Crippen LogP contribution in [0.1, 0.15) is 21.5 Å². The van der Waals surface area contributed by atoms with Crippen LogP contribution in [0.5, 0.6) is 0 Å². The van der Waals surface area contributed by atoms with Crippen LogP contribution in [0.15, 0.2) is 55.0 Å². The zero-order chi connectivity index (χ0) is 21.5. The van der Waals surface area contributed by atoms with Crippen LogP contribution in [0.3, 0.4) is 0 Å². The van der Waals surface area contributed by atoms with Gasteiger partial charge in [0.2, 0.25) is 0 Å². The molecular formula is C25H25N5O. The summed E-state index contributed by atoms with van der Waals surface area (Å²) in [6, 6.07) is 12.6. The first-order valence-corrected chi connectivity index (χ1v) is 10.5. The lowest BCUT2D eigenvalue weighted by Crippen LogP contribution is -2.26. The van der Waals surface area contributed by atoms with E-state index < -0.39 is 0 Å². The molecule has 0 saturated carbocycles. The van der Waals surface area contributed by atoms with Gasteiger partial charge in [0.05, 0.1) is 11.3 Å². The van der Waals surface area contributed by atoms with Crippen LogP contribution in [0, 0.1) is 0 Å². The van der Waals surface area contributed by atoms with Gasteiger partial charge in [-0.1, -0.05) is 12.1 Å². The fourth-order valence-corrected chi connectivity index (χ4v) is 4.19. The van der Waals surface area contributed by atoms with Crippen molar-refractivity contribution < 1.29 is 4.79 Å². The maximum absolute atomic E-state index is 12.1. The lowest BCUT2D eigenvalue weighted by atomic mass is 9.95. The van der Waals surface area contributed by atoms with E-state index in [1.54, 1.807) is 25.2 Å². The van der Waals surface area contributed by atoms with Crippen molar-refractivity contribution in [2.75, 3.05) is 27.7 Å². The molecule has 5 rings (SSSR count). The highest BCUT2D eigenvalue weighted by Crippen LogP contribution is 2.31. The molecule has 0 fully saturated rings. The van der Waals surface area contributed by atoms with Crippen LogP contribution in [-0.4, -0.2) is 58.3 Å². The van der Waals surface area contributed by atoms with E-state index in [9.17, 15) is 4.79 Å². The van der Waals surface area contributed by atoms with E-state index in [0.717, 1.165) is 47.4 Å². The van der Waals surface area contributed by atoms with Crippen LogP contribution in [0.2, 0.25) is 0 Å². The number of hydrogen-bond acceptors (Lipinski definition) is 4. The number of carbonyl (C=O) groups is 1. The predicted molar refractivity (Wildman–Crippen MR) is 123 cm³/mol. The van der Waals surface area contributed by atoms with Gasteiger partial charge in [-0.05, 0) is 54.4 Å². The summed E-state index contributed by atoms with van der Waals surface area (Å²) in [7, 11) is 5.64. The third-order valence-corrected chi connectivity index (χ3v) is 5.97. The van der Waals surface area contributed by atoms with E-state index in [2.05, 4.69) is 51.2 Å². The second kappa shape index (κ2) is 7.63. The molecule has 1 aliphatic heterocycles. The third kappa shape index (κ3) is 3.59. The molecule has 1 N–H and O–H groups in total. The van der Waals surface area contributed by atoms with Gasteiger partial charge < -0.3 is 14.8 Å². The van der Waals surface area contributed by atoms with Gasteiger partial charge in [0.15, 0.2) is 0 Å². The number of nitrogens with zero attached hydrogens (tertiary/aromatic N) is 4. The highest BCUT2D eigenvalue weighted by atomic mass is 16.2. The van der Waals surface area contributed by atoms with E-state index in [1.807, 2.05) is 24.5 Å². The number of amides is 1. The Labute approximate surface area is 181 Å². The van der Waals surface area contributed by atoms with E-state index in [-0.39, 0.29) is 5.91 Å². The highest BCUT2D eigenvalue weighted by molar-refractivity contribution is 5.96. The van der Waals surface area contributed by atoms with Crippen molar-refractivity contribution in [3.8, 4) is 22.4 Å². The topological polar surface area (TPSA) is 65.1 Å². The van der Waals surface area contributed by atoms with Crippen molar-refractivity contribution in [1.29, 1.82) is 0 Å². The molecular weight excluding hydrogens is 386 g/mol. The molecule has 3 aromatic heterocycles. The summed E-state index contributed by atoms with van der Waals surface area (Å²) in [5.41, 5.74) is 8.29. The van der Waals surface area contributed by atoms with Crippen LogP contribution >= 0.6 is 0 Å². The van der Waals surface area contributed by atoms with E-state index >= 15 is 0 Å². The third-order valence-electron chi connectivity index (χ3n) is 5.97. The highest BCUT2D eigenvalue weighted by Gasteiger charge is 2.16. The first-order chi connectivity index (χ1) is 15.0. The summed E-state index contributed by atoms with van der Waals surface area (Å²) in [5.74, 6) is -0.0556. The standard InChI is InChI=1S/C25H25N5O/c1-29(2)25(31)18-6-7-23(26-12-18)22-14-28-24-21(22)11-19(13-27-24)17-5-4-16-8-9-30(3)15-20(16)10-17/h4-7,10-14H,8-9,15H2,1-3H3,(H,27,28). The van der Waals surface area contributed by atoms with Crippen molar-refractivity contribution in [1.82, 2.24) is 24.8 Å². The van der Waals surface area contributed by atoms with Crippen LogP contribution in [-0.2, 0) is 13.0 Å². The number of benzene rings is 1.